The van der Waals surface area contributed by atoms with Crippen molar-refractivity contribution in [2.24, 2.45) is 5.73 Å². The summed E-state index contributed by atoms with van der Waals surface area (Å²) in [6, 6.07) is 8.38. The van der Waals surface area contributed by atoms with Crippen molar-refractivity contribution in [3.8, 4) is 6.07 Å². The standard InChI is InChI=1S/C11H14FN3/c1-11(14,7-13)8-15(2)10-6-4-3-5-9(10)12/h3-6H,8,14H2,1-2H3. The molecule has 1 atom stereocenters. The fourth-order valence-electron chi connectivity index (χ4n) is 1.37. The normalized spacial score (nSPS) is 14.1. The maximum absolute atomic E-state index is 13.4. The summed E-state index contributed by atoms with van der Waals surface area (Å²) in [6.07, 6.45) is 0. The Morgan fingerprint density at radius 1 is 1.53 bits per heavy atom. The number of rotatable bonds is 3. The topological polar surface area (TPSA) is 53.0 Å². The molecule has 0 spiro atoms. The van der Waals surface area contributed by atoms with Crippen LogP contribution in [0.15, 0.2) is 24.3 Å². The van der Waals surface area contributed by atoms with Gasteiger partial charge in [0.05, 0.1) is 11.8 Å². The lowest BCUT2D eigenvalue weighted by molar-refractivity contribution is 0.576. The monoisotopic (exact) mass is 207 g/mol. The highest BCUT2D eigenvalue weighted by molar-refractivity contribution is 5.47. The van der Waals surface area contributed by atoms with Crippen LogP contribution < -0.4 is 10.6 Å². The summed E-state index contributed by atoms with van der Waals surface area (Å²) in [5.74, 6) is -0.311. The highest BCUT2D eigenvalue weighted by atomic mass is 19.1. The molecule has 1 rings (SSSR count). The zero-order chi connectivity index (χ0) is 11.5. The molecule has 2 N–H and O–H groups in total. The van der Waals surface area contributed by atoms with Crippen LogP contribution in [0.3, 0.4) is 0 Å². The molecular formula is C11H14FN3. The number of benzene rings is 1. The first-order chi connectivity index (χ1) is 6.96. The molecule has 0 aliphatic carbocycles. The van der Waals surface area contributed by atoms with Crippen LogP contribution in [0.2, 0.25) is 0 Å². The smallest absolute Gasteiger partial charge is 0.146 e. The Hall–Kier alpha value is -1.60. The molecule has 0 heterocycles. The molecule has 1 aromatic carbocycles. The van der Waals surface area contributed by atoms with Gasteiger partial charge in [0.25, 0.3) is 0 Å². The van der Waals surface area contributed by atoms with Crippen molar-refractivity contribution >= 4 is 5.69 Å². The van der Waals surface area contributed by atoms with Gasteiger partial charge in [0.2, 0.25) is 0 Å². The maximum Gasteiger partial charge on any atom is 0.146 e. The van der Waals surface area contributed by atoms with Gasteiger partial charge in [0.1, 0.15) is 11.4 Å². The first kappa shape index (κ1) is 11.5. The molecule has 0 bridgehead atoms. The van der Waals surface area contributed by atoms with Gasteiger partial charge in [-0.1, -0.05) is 12.1 Å². The number of likely N-dealkylation sites (N-methyl/N-ethyl adjacent to an activating group) is 1. The molecule has 0 aliphatic rings. The zero-order valence-corrected chi connectivity index (χ0v) is 8.87. The van der Waals surface area contributed by atoms with Crippen molar-refractivity contribution in [1.82, 2.24) is 0 Å². The summed E-state index contributed by atoms with van der Waals surface area (Å²) in [5.41, 5.74) is 5.15. The summed E-state index contributed by atoms with van der Waals surface area (Å²) in [7, 11) is 1.71. The molecule has 0 aromatic heterocycles. The van der Waals surface area contributed by atoms with Gasteiger partial charge >= 0.3 is 0 Å². The minimum absolute atomic E-state index is 0.282. The minimum atomic E-state index is -0.975. The van der Waals surface area contributed by atoms with Crippen LogP contribution in [-0.4, -0.2) is 19.1 Å². The molecule has 0 saturated heterocycles. The predicted molar refractivity (Wildman–Crippen MR) is 57.9 cm³/mol. The second-order valence-corrected chi connectivity index (χ2v) is 3.84. The number of anilines is 1. The lowest BCUT2D eigenvalue weighted by atomic mass is 10.1. The van der Waals surface area contributed by atoms with Crippen molar-refractivity contribution in [1.29, 1.82) is 5.26 Å². The average Bonchev–Trinajstić information content (AvgIpc) is 2.17. The molecule has 80 valence electrons. The van der Waals surface area contributed by atoms with E-state index in [9.17, 15) is 4.39 Å². The van der Waals surface area contributed by atoms with Crippen LogP contribution in [0, 0.1) is 17.1 Å². The van der Waals surface area contributed by atoms with Crippen LogP contribution >= 0.6 is 0 Å². The largest absolute Gasteiger partial charge is 0.369 e. The number of para-hydroxylation sites is 1. The van der Waals surface area contributed by atoms with Crippen LogP contribution in [0.4, 0.5) is 10.1 Å². The third-order valence-corrected chi connectivity index (χ3v) is 2.08. The van der Waals surface area contributed by atoms with Crippen molar-refractivity contribution in [2.45, 2.75) is 12.5 Å². The molecule has 0 aliphatic heterocycles. The van der Waals surface area contributed by atoms with E-state index in [1.807, 2.05) is 6.07 Å². The molecule has 4 heteroatoms. The SMILES string of the molecule is CN(CC(C)(N)C#N)c1ccccc1F. The van der Waals surface area contributed by atoms with Gasteiger partial charge in [0, 0.05) is 13.6 Å². The number of nitrogens with two attached hydrogens (primary N) is 1. The van der Waals surface area contributed by atoms with E-state index in [4.69, 9.17) is 11.0 Å². The number of halogens is 1. The van der Waals surface area contributed by atoms with Crippen LogP contribution in [-0.2, 0) is 0 Å². The maximum atomic E-state index is 13.4. The lowest BCUT2D eigenvalue weighted by Gasteiger charge is -2.26. The van der Waals surface area contributed by atoms with Gasteiger partial charge in [-0.3, -0.25) is 0 Å². The third-order valence-electron chi connectivity index (χ3n) is 2.08. The number of nitrogens with zero attached hydrogens (tertiary/aromatic N) is 2. The van der Waals surface area contributed by atoms with Gasteiger partial charge in [-0.05, 0) is 19.1 Å². The molecule has 1 aromatic rings. The molecule has 3 nitrogen and oxygen atoms in total. The van der Waals surface area contributed by atoms with Crippen molar-refractivity contribution < 1.29 is 4.39 Å². The summed E-state index contributed by atoms with van der Waals surface area (Å²) in [6.45, 7) is 1.90. The van der Waals surface area contributed by atoms with E-state index >= 15 is 0 Å². The highest BCUT2D eigenvalue weighted by Crippen LogP contribution is 2.18. The fourth-order valence-corrected chi connectivity index (χ4v) is 1.37. The molecule has 0 fully saturated rings. The molecule has 15 heavy (non-hydrogen) atoms. The van der Waals surface area contributed by atoms with Gasteiger partial charge in [0.15, 0.2) is 0 Å². The zero-order valence-electron chi connectivity index (χ0n) is 8.87. The second-order valence-electron chi connectivity index (χ2n) is 3.84. The summed E-state index contributed by atoms with van der Waals surface area (Å²) in [4.78, 5) is 1.64. The van der Waals surface area contributed by atoms with Crippen molar-refractivity contribution in [3.63, 3.8) is 0 Å². The van der Waals surface area contributed by atoms with Crippen LogP contribution in [0.1, 0.15) is 6.92 Å². The Balaban J connectivity index is 2.83. The van der Waals surface area contributed by atoms with E-state index in [0.29, 0.717) is 5.69 Å². The highest BCUT2D eigenvalue weighted by Gasteiger charge is 2.21. The molecule has 0 radical (unpaired) electrons. The minimum Gasteiger partial charge on any atom is -0.369 e. The van der Waals surface area contributed by atoms with E-state index in [1.54, 1.807) is 37.1 Å². The Morgan fingerprint density at radius 2 is 2.13 bits per heavy atom. The van der Waals surface area contributed by atoms with Gasteiger partial charge in [-0.15, -0.1) is 0 Å². The van der Waals surface area contributed by atoms with Crippen LogP contribution in [0.25, 0.3) is 0 Å². The van der Waals surface area contributed by atoms with Gasteiger partial charge in [-0.25, -0.2) is 4.39 Å². The first-order valence-corrected chi connectivity index (χ1v) is 4.62. The summed E-state index contributed by atoms with van der Waals surface area (Å²) >= 11 is 0. The Kier molecular flexibility index (Phi) is 3.28. The molecule has 0 amide bonds. The fraction of sp³-hybridized carbons (Fsp3) is 0.364. The van der Waals surface area contributed by atoms with Gasteiger partial charge in [-0.2, -0.15) is 5.26 Å². The van der Waals surface area contributed by atoms with E-state index in [-0.39, 0.29) is 12.4 Å². The lowest BCUT2D eigenvalue weighted by Crippen LogP contribution is -2.45. The molecular weight excluding hydrogens is 193 g/mol. The quantitative estimate of drug-likeness (QED) is 0.817. The van der Waals surface area contributed by atoms with E-state index in [2.05, 4.69) is 0 Å². The Morgan fingerprint density at radius 3 is 2.67 bits per heavy atom. The number of hydrogen-bond donors (Lipinski definition) is 1. The number of hydrogen-bond acceptors (Lipinski definition) is 3. The van der Waals surface area contributed by atoms with E-state index < -0.39 is 5.54 Å². The van der Waals surface area contributed by atoms with Crippen molar-refractivity contribution in [3.05, 3.63) is 30.1 Å². The van der Waals surface area contributed by atoms with E-state index in [0.717, 1.165) is 0 Å². The second kappa shape index (κ2) is 4.28. The average molecular weight is 207 g/mol. The van der Waals surface area contributed by atoms with Gasteiger partial charge < -0.3 is 10.6 Å². The third kappa shape index (κ3) is 2.93. The molecule has 0 saturated carbocycles. The predicted octanol–water partition coefficient (Wildman–Crippen LogP) is 1.50. The van der Waals surface area contributed by atoms with E-state index in [1.165, 1.54) is 6.07 Å². The number of nitriles is 1. The summed E-state index contributed by atoms with van der Waals surface area (Å²) in [5, 5.41) is 8.76. The Labute approximate surface area is 88.9 Å². The Bertz CT molecular complexity index is 382. The first-order valence-electron chi connectivity index (χ1n) is 4.62. The molecule has 1 unspecified atom stereocenters. The summed E-state index contributed by atoms with van der Waals surface area (Å²) < 4.78 is 13.4. The van der Waals surface area contributed by atoms with Crippen molar-refractivity contribution in [2.75, 3.05) is 18.5 Å². The van der Waals surface area contributed by atoms with Crippen LogP contribution in [0.5, 0.6) is 0 Å².